The Morgan fingerprint density at radius 2 is 2.23 bits per heavy atom. The fourth-order valence-corrected chi connectivity index (χ4v) is 3.08. The standard InChI is InChI=1S/C15H27N3O4/c1-12(11-21-2)18-10-13(9-14(18)19)15(20)16-3-4-17-5-7-22-8-6-17/h12-13H,3-11H2,1-2H3,(H,16,20)/p+1/t12-,13+/m1/s1. The lowest BCUT2D eigenvalue weighted by molar-refractivity contribution is -0.906. The van der Waals surface area contributed by atoms with Crippen LogP contribution in [0.5, 0.6) is 0 Å². The predicted octanol–water partition coefficient (Wildman–Crippen LogP) is -2.10. The normalized spacial score (nSPS) is 24.5. The minimum atomic E-state index is -0.230. The summed E-state index contributed by atoms with van der Waals surface area (Å²) < 4.78 is 10.4. The van der Waals surface area contributed by atoms with E-state index in [1.807, 2.05) is 6.92 Å². The third-order valence-electron chi connectivity index (χ3n) is 4.45. The molecule has 0 aromatic heterocycles. The minimum Gasteiger partial charge on any atom is -0.383 e. The smallest absolute Gasteiger partial charge is 0.225 e. The van der Waals surface area contributed by atoms with Crippen LogP contribution in [-0.2, 0) is 19.1 Å². The Labute approximate surface area is 131 Å². The Bertz CT molecular complexity index is 385. The van der Waals surface area contributed by atoms with Gasteiger partial charge in [0.2, 0.25) is 11.8 Å². The molecule has 0 spiro atoms. The number of ether oxygens (including phenoxy) is 2. The van der Waals surface area contributed by atoms with E-state index >= 15 is 0 Å². The first-order valence-corrected chi connectivity index (χ1v) is 8.09. The second kappa shape index (κ2) is 8.45. The van der Waals surface area contributed by atoms with E-state index in [0.717, 1.165) is 32.8 Å². The van der Waals surface area contributed by atoms with Crippen molar-refractivity contribution in [3.8, 4) is 0 Å². The number of hydrogen-bond acceptors (Lipinski definition) is 4. The van der Waals surface area contributed by atoms with E-state index in [4.69, 9.17) is 9.47 Å². The molecule has 7 heteroatoms. The number of nitrogens with one attached hydrogen (secondary N) is 2. The van der Waals surface area contributed by atoms with Gasteiger partial charge in [-0.2, -0.15) is 0 Å². The van der Waals surface area contributed by atoms with Crippen molar-refractivity contribution in [1.82, 2.24) is 10.2 Å². The molecular formula is C15H28N3O4+. The quantitative estimate of drug-likeness (QED) is 0.565. The molecule has 2 atom stereocenters. The van der Waals surface area contributed by atoms with Crippen molar-refractivity contribution in [3.05, 3.63) is 0 Å². The molecule has 0 aromatic rings. The first-order chi connectivity index (χ1) is 10.6. The number of morpholine rings is 1. The van der Waals surface area contributed by atoms with Crippen LogP contribution in [0.2, 0.25) is 0 Å². The summed E-state index contributed by atoms with van der Waals surface area (Å²) in [5.41, 5.74) is 0. The SMILES string of the molecule is COC[C@@H](C)N1C[C@@H](C(=O)NCC[NH+]2CCOCC2)CC1=O. The molecule has 2 aliphatic heterocycles. The molecule has 0 saturated carbocycles. The van der Waals surface area contributed by atoms with Crippen LogP contribution in [0, 0.1) is 5.92 Å². The summed E-state index contributed by atoms with van der Waals surface area (Å²) >= 11 is 0. The number of likely N-dealkylation sites (tertiary alicyclic amines) is 1. The molecular weight excluding hydrogens is 286 g/mol. The van der Waals surface area contributed by atoms with Crippen LogP contribution in [0.4, 0.5) is 0 Å². The molecule has 2 fully saturated rings. The van der Waals surface area contributed by atoms with Gasteiger partial charge in [-0.1, -0.05) is 0 Å². The Morgan fingerprint density at radius 1 is 1.50 bits per heavy atom. The van der Waals surface area contributed by atoms with E-state index in [9.17, 15) is 9.59 Å². The van der Waals surface area contributed by atoms with Crippen molar-refractivity contribution in [2.24, 2.45) is 5.92 Å². The second-order valence-corrected chi connectivity index (χ2v) is 6.15. The van der Waals surface area contributed by atoms with E-state index in [1.54, 1.807) is 12.0 Å². The van der Waals surface area contributed by atoms with Crippen molar-refractivity contribution in [2.75, 3.05) is 59.7 Å². The monoisotopic (exact) mass is 314 g/mol. The number of rotatable bonds is 7. The van der Waals surface area contributed by atoms with Gasteiger partial charge in [0, 0.05) is 20.1 Å². The first-order valence-electron chi connectivity index (χ1n) is 8.09. The van der Waals surface area contributed by atoms with Crippen molar-refractivity contribution in [1.29, 1.82) is 0 Å². The van der Waals surface area contributed by atoms with Crippen LogP contribution in [-0.4, -0.2) is 82.4 Å². The summed E-state index contributed by atoms with van der Waals surface area (Å²) in [6, 6.07) is 0.0214. The highest BCUT2D eigenvalue weighted by molar-refractivity contribution is 5.89. The second-order valence-electron chi connectivity index (χ2n) is 6.15. The van der Waals surface area contributed by atoms with Gasteiger partial charge in [-0.15, -0.1) is 0 Å². The summed E-state index contributed by atoms with van der Waals surface area (Å²) in [7, 11) is 1.62. The fraction of sp³-hybridized carbons (Fsp3) is 0.867. The molecule has 126 valence electrons. The molecule has 0 unspecified atom stereocenters. The Balaban J connectivity index is 1.70. The van der Waals surface area contributed by atoms with E-state index in [1.165, 1.54) is 4.90 Å². The first kappa shape index (κ1) is 17.2. The van der Waals surface area contributed by atoms with E-state index in [2.05, 4.69) is 5.32 Å². The molecule has 2 aliphatic rings. The Kier molecular flexibility index (Phi) is 6.60. The summed E-state index contributed by atoms with van der Waals surface area (Å²) in [4.78, 5) is 27.4. The third kappa shape index (κ3) is 4.66. The van der Waals surface area contributed by atoms with E-state index < -0.39 is 0 Å². The minimum absolute atomic E-state index is 0.00636. The average molecular weight is 314 g/mol. The van der Waals surface area contributed by atoms with Gasteiger partial charge in [-0.3, -0.25) is 9.59 Å². The van der Waals surface area contributed by atoms with Crippen molar-refractivity contribution in [2.45, 2.75) is 19.4 Å². The maximum absolute atomic E-state index is 12.2. The molecule has 0 radical (unpaired) electrons. The molecule has 0 bridgehead atoms. The van der Waals surface area contributed by atoms with Gasteiger partial charge in [0.25, 0.3) is 0 Å². The topological polar surface area (TPSA) is 72.3 Å². The maximum atomic E-state index is 12.2. The maximum Gasteiger partial charge on any atom is 0.225 e. The molecule has 2 N–H and O–H groups in total. The van der Waals surface area contributed by atoms with Crippen LogP contribution in [0.1, 0.15) is 13.3 Å². The summed E-state index contributed by atoms with van der Waals surface area (Å²) in [5.74, 6) is -0.192. The van der Waals surface area contributed by atoms with Crippen molar-refractivity contribution in [3.63, 3.8) is 0 Å². The van der Waals surface area contributed by atoms with Gasteiger partial charge in [-0.05, 0) is 6.92 Å². The zero-order chi connectivity index (χ0) is 15.9. The number of carbonyl (C=O) groups is 2. The lowest BCUT2D eigenvalue weighted by Gasteiger charge is -2.24. The summed E-state index contributed by atoms with van der Waals surface area (Å²) in [6.45, 7) is 8.12. The van der Waals surface area contributed by atoms with Crippen LogP contribution in [0.3, 0.4) is 0 Å². The van der Waals surface area contributed by atoms with Gasteiger partial charge >= 0.3 is 0 Å². The molecule has 22 heavy (non-hydrogen) atoms. The lowest BCUT2D eigenvalue weighted by atomic mass is 10.1. The molecule has 0 aromatic carbocycles. The fourth-order valence-electron chi connectivity index (χ4n) is 3.08. The van der Waals surface area contributed by atoms with Crippen LogP contribution in [0.25, 0.3) is 0 Å². The molecule has 7 nitrogen and oxygen atoms in total. The number of methoxy groups -OCH3 is 1. The number of amides is 2. The lowest BCUT2D eigenvalue weighted by Crippen LogP contribution is -3.14. The highest BCUT2D eigenvalue weighted by atomic mass is 16.5. The summed E-state index contributed by atoms with van der Waals surface area (Å²) in [5, 5.41) is 2.97. The number of carbonyl (C=O) groups excluding carboxylic acids is 2. The molecule has 2 heterocycles. The molecule has 2 saturated heterocycles. The Hall–Kier alpha value is -1.18. The van der Waals surface area contributed by atoms with Gasteiger partial charge in [0.05, 0.1) is 44.9 Å². The molecule has 0 aliphatic carbocycles. The van der Waals surface area contributed by atoms with Crippen molar-refractivity contribution >= 4 is 11.8 Å². The third-order valence-corrected chi connectivity index (χ3v) is 4.45. The van der Waals surface area contributed by atoms with Crippen LogP contribution >= 0.6 is 0 Å². The van der Waals surface area contributed by atoms with Gasteiger partial charge in [-0.25, -0.2) is 0 Å². The number of quaternary nitrogens is 1. The van der Waals surface area contributed by atoms with Crippen molar-refractivity contribution < 1.29 is 24.0 Å². The van der Waals surface area contributed by atoms with E-state index in [0.29, 0.717) is 26.1 Å². The molecule has 2 amide bonds. The van der Waals surface area contributed by atoms with E-state index in [-0.39, 0.29) is 23.8 Å². The largest absolute Gasteiger partial charge is 0.383 e. The zero-order valence-corrected chi connectivity index (χ0v) is 13.6. The number of nitrogens with zero attached hydrogens (tertiary/aromatic N) is 1. The predicted molar refractivity (Wildman–Crippen MR) is 80.6 cm³/mol. The zero-order valence-electron chi connectivity index (χ0n) is 13.6. The summed E-state index contributed by atoms with van der Waals surface area (Å²) in [6.07, 6.45) is 0.310. The van der Waals surface area contributed by atoms with Gasteiger partial charge < -0.3 is 24.6 Å². The van der Waals surface area contributed by atoms with Gasteiger partial charge in [0.15, 0.2) is 0 Å². The van der Waals surface area contributed by atoms with Crippen LogP contribution < -0.4 is 10.2 Å². The molecule has 2 rings (SSSR count). The van der Waals surface area contributed by atoms with Crippen LogP contribution in [0.15, 0.2) is 0 Å². The highest BCUT2D eigenvalue weighted by Gasteiger charge is 2.36. The highest BCUT2D eigenvalue weighted by Crippen LogP contribution is 2.20. The van der Waals surface area contributed by atoms with Gasteiger partial charge in [0.1, 0.15) is 13.1 Å². The number of hydrogen-bond donors (Lipinski definition) is 2. The average Bonchev–Trinajstić information content (AvgIpc) is 2.91. The Morgan fingerprint density at radius 3 is 2.91 bits per heavy atom.